The zero-order valence-corrected chi connectivity index (χ0v) is 12.8. The van der Waals surface area contributed by atoms with Gasteiger partial charge in [0, 0.05) is 0 Å². The van der Waals surface area contributed by atoms with Crippen LogP contribution in [-0.4, -0.2) is 20.3 Å². The number of benzene rings is 1. The summed E-state index contributed by atoms with van der Waals surface area (Å²) in [4.78, 5) is 0. The van der Waals surface area contributed by atoms with Crippen LogP contribution in [0, 0.1) is 6.92 Å². The third-order valence-electron chi connectivity index (χ3n) is 2.72. The normalized spacial score (nSPS) is 13.3. The second-order valence-electron chi connectivity index (χ2n) is 4.05. The van der Waals surface area contributed by atoms with Gasteiger partial charge >= 0.3 is 7.60 Å². The van der Waals surface area contributed by atoms with Gasteiger partial charge in [0.05, 0.1) is 20.3 Å². The highest BCUT2D eigenvalue weighted by atomic mass is 31.2. The number of hydrogen-bond acceptors (Lipinski definition) is 5. The molecule has 0 amide bonds. The van der Waals surface area contributed by atoms with Crippen molar-refractivity contribution in [1.29, 1.82) is 0 Å². The Hall–Kier alpha value is -0.870. The lowest BCUT2D eigenvalue weighted by molar-refractivity contribution is 0.212. The van der Waals surface area contributed by atoms with Crippen molar-refractivity contribution in [2.45, 2.75) is 26.6 Å². The van der Waals surface area contributed by atoms with E-state index in [4.69, 9.17) is 19.5 Å². The fourth-order valence-corrected chi connectivity index (χ4v) is 3.47. The van der Waals surface area contributed by atoms with Crippen molar-refractivity contribution in [3.63, 3.8) is 0 Å². The van der Waals surface area contributed by atoms with Gasteiger partial charge in [0.2, 0.25) is 0 Å². The lowest BCUT2D eigenvalue weighted by Crippen LogP contribution is -2.15. The molecule has 0 unspecified atom stereocenters. The van der Waals surface area contributed by atoms with Crippen LogP contribution >= 0.6 is 7.60 Å². The molecule has 1 rings (SSSR count). The third kappa shape index (κ3) is 3.80. The first-order chi connectivity index (χ1) is 8.98. The van der Waals surface area contributed by atoms with Crippen LogP contribution in [-0.2, 0) is 13.6 Å². The van der Waals surface area contributed by atoms with Crippen LogP contribution in [0.15, 0.2) is 18.2 Å². The fourth-order valence-electron chi connectivity index (χ4n) is 1.83. The van der Waals surface area contributed by atoms with E-state index < -0.39 is 13.4 Å². The number of methoxy groups -OCH3 is 1. The summed E-state index contributed by atoms with van der Waals surface area (Å²) in [6.07, 6.45) is 0. The van der Waals surface area contributed by atoms with E-state index >= 15 is 0 Å². The van der Waals surface area contributed by atoms with E-state index in [-0.39, 0.29) is 0 Å². The van der Waals surface area contributed by atoms with Crippen molar-refractivity contribution in [2.75, 3.05) is 20.3 Å². The second-order valence-corrected chi connectivity index (χ2v) is 6.20. The van der Waals surface area contributed by atoms with Crippen molar-refractivity contribution in [3.8, 4) is 5.75 Å². The molecule has 0 aliphatic carbocycles. The minimum atomic E-state index is -3.34. The van der Waals surface area contributed by atoms with Gasteiger partial charge in [-0.3, -0.25) is 4.57 Å². The summed E-state index contributed by atoms with van der Waals surface area (Å²) in [5.74, 6) is -0.0318. The quantitative estimate of drug-likeness (QED) is 0.780. The summed E-state index contributed by atoms with van der Waals surface area (Å²) in [6, 6.07) is 5.42. The molecule has 2 N–H and O–H groups in total. The van der Waals surface area contributed by atoms with Gasteiger partial charge in [0.15, 0.2) is 0 Å². The first-order valence-electron chi connectivity index (χ1n) is 6.27. The second kappa shape index (κ2) is 7.06. The molecule has 0 radical (unpaired) electrons. The number of rotatable bonds is 7. The summed E-state index contributed by atoms with van der Waals surface area (Å²) in [7, 11) is -1.73. The molecule has 108 valence electrons. The summed E-state index contributed by atoms with van der Waals surface area (Å²) >= 11 is 0. The Morgan fingerprint density at radius 2 is 1.84 bits per heavy atom. The molecule has 0 heterocycles. The standard InChI is InChI=1S/C13H22NO4P/c1-5-17-19(15,18-6-2)13(14)11-7-8-12(16-4)10(3)9-11/h7-9,13H,5-6,14H2,1-4H3/t13-/m1/s1. The van der Waals surface area contributed by atoms with Crippen LogP contribution in [0.25, 0.3) is 0 Å². The van der Waals surface area contributed by atoms with E-state index in [9.17, 15) is 4.57 Å². The summed E-state index contributed by atoms with van der Waals surface area (Å²) in [5.41, 5.74) is 7.69. The highest BCUT2D eigenvalue weighted by molar-refractivity contribution is 7.54. The van der Waals surface area contributed by atoms with E-state index in [1.807, 2.05) is 13.0 Å². The molecule has 0 bridgehead atoms. The molecule has 1 atom stereocenters. The Balaban J connectivity index is 3.06. The number of hydrogen-bond donors (Lipinski definition) is 1. The van der Waals surface area contributed by atoms with Crippen LogP contribution in [0.3, 0.4) is 0 Å². The molecule has 5 nitrogen and oxygen atoms in total. The maximum Gasteiger partial charge on any atom is 0.351 e. The van der Waals surface area contributed by atoms with Crippen LogP contribution in [0.1, 0.15) is 30.8 Å². The maximum atomic E-state index is 12.6. The molecule has 0 saturated carbocycles. The average Bonchev–Trinajstić information content (AvgIpc) is 2.38. The van der Waals surface area contributed by atoms with Crippen LogP contribution < -0.4 is 10.5 Å². The van der Waals surface area contributed by atoms with Crippen molar-refractivity contribution in [3.05, 3.63) is 29.3 Å². The average molecular weight is 287 g/mol. The van der Waals surface area contributed by atoms with E-state index in [0.717, 1.165) is 11.3 Å². The molecule has 1 aromatic carbocycles. The van der Waals surface area contributed by atoms with E-state index in [2.05, 4.69) is 0 Å². The lowest BCUT2D eigenvalue weighted by atomic mass is 10.1. The zero-order valence-electron chi connectivity index (χ0n) is 11.9. The van der Waals surface area contributed by atoms with Gasteiger partial charge in [0.25, 0.3) is 0 Å². The van der Waals surface area contributed by atoms with Crippen LogP contribution in [0.4, 0.5) is 0 Å². The molecule has 1 aromatic rings. The third-order valence-corrected chi connectivity index (χ3v) is 4.93. The SMILES string of the molecule is CCOP(=O)(OCC)[C@@H](N)c1ccc(OC)c(C)c1. The minimum absolute atomic E-state index is 0.292. The first kappa shape index (κ1) is 16.2. The van der Waals surface area contributed by atoms with Gasteiger partial charge < -0.3 is 19.5 Å². The van der Waals surface area contributed by atoms with Crippen molar-refractivity contribution >= 4 is 7.60 Å². The lowest BCUT2D eigenvalue weighted by Gasteiger charge is -2.23. The zero-order chi connectivity index (χ0) is 14.5. The van der Waals surface area contributed by atoms with Gasteiger partial charge in [-0.15, -0.1) is 0 Å². The Morgan fingerprint density at radius 3 is 2.26 bits per heavy atom. The van der Waals surface area contributed by atoms with Crippen LogP contribution in [0.2, 0.25) is 0 Å². The van der Waals surface area contributed by atoms with Gasteiger partial charge in [-0.25, -0.2) is 0 Å². The molecule has 0 aliphatic heterocycles. The Labute approximate surface area is 114 Å². The van der Waals surface area contributed by atoms with Crippen LogP contribution in [0.5, 0.6) is 5.75 Å². The Bertz CT molecular complexity index is 454. The monoisotopic (exact) mass is 287 g/mol. The highest BCUT2D eigenvalue weighted by Crippen LogP contribution is 2.58. The summed E-state index contributed by atoms with van der Waals surface area (Å²) < 4.78 is 28.3. The largest absolute Gasteiger partial charge is 0.496 e. The predicted octanol–water partition coefficient (Wildman–Crippen LogP) is 3.23. The molecule has 0 saturated heterocycles. The number of ether oxygens (including phenoxy) is 1. The molecule has 6 heteroatoms. The van der Waals surface area contributed by atoms with Gasteiger partial charge in [-0.2, -0.15) is 0 Å². The molecule has 0 aromatic heterocycles. The smallest absolute Gasteiger partial charge is 0.351 e. The molecule has 0 spiro atoms. The predicted molar refractivity (Wildman–Crippen MR) is 75.5 cm³/mol. The van der Waals surface area contributed by atoms with E-state index in [0.29, 0.717) is 18.8 Å². The molecule has 0 aliphatic rings. The minimum Gasteiger partial charge on any atom is -0.496 e. The number of aryl methyl sites for hydroxylation is 1. The Kier molecular flexibility index (Phi) is 6.01. The summed E-state index contributed by atoms with van der Waals surface area (Å²) in [6.45, 7) is 6.01. The first-order valence-corrected chi connectivity index (χ1v) is 7.88. The van der Waals surface area contributed by atoms with Gasteiger partial charge in [-0.1, -0.05) is 12.1 Å². The van der Waals surface area contributed by atoms with Crippen molar-refractivity contribution < 1.29 is 18.3 Å². The van der Waals surface area contributed by atoms with Gasteiger partial charge in [-0.05, 0) is 38.0 Å². The molecular formula is C13H22NO4P. The van der Waals surface area contributed by atoms with Crippen molar-refractivity contribution in [1.82, 2.24) is 0 Å². The van der Waals surface area contributed by atoms with E-state index in [1.54, 1.807) is 33.1 Å². The molecular weight excluding hydrogens is 265 g/mol. The maximum absolute atomic E-state index is 12.6. The molecule has 0 fully saturated rings. The fraction of sp³-hybridized carbons (Fsp3) is 0.538. The highest BCUT2D eigenvalue weighted by Gasteiger charge is 2.34. The molecule has 19 heavy (non-hydrogen) atoms. The van der Waals surface area contributed by atoms with Gasteiger partial charge in [0.1, 0.15) is 11.5 Å². The Morgan fingerprint density at radius 1 is 1.26 bits per heavy atom. The van der Waals surface area contributed by atoms with Crippen molar-refractivity contribution in [2.24, 2.45) is 5.73 Å². The van der Waals surface area contributed by atoms with E-state index in [1.165, 1.54) is 0 Å². The number of nitrogens with two attached hydrogens (primary N) is 1. The summed E-state index contributed by atoms with van der Waals surface area (Å²) in [5, 5.41) is 0. The topological polar surface area (TPSA) is 70.8 Å².